The van der Waals surface area contributed by atoms with E-state index in [-0.39, 0.29) is 0 Å². The van der Waals surface area contributed by atoms with Gasteiger partial charge in [-0.1, -0.05) is 13.8 Å². The summed E-state index contributed by atoms with van der Waals surface area (Å²) in [7, 11) is 4.92. The molecule has 0 heterocycles. The Morgan fingerprint density at radius 1 is 1.06 bits per heavy atom. The number of hydroxylamine groups is 1. The van der Waals surface area contributed by atoms with E-state index < -0.39 is 0 Å². The molecule has 0 unspecified atom stereocenters. The van der Waals surface area contributed by atoms with Crippen molar-refractivity contribution in [1.29, 1.82) is 0 Å². The second-order valence-corrected chi connectivity index (χ2v) is 4.09. The number of hydrogen-bond donors (Lipinski definition) is 1. The van der Waals surface area contributed by atoms with E-state index in [0.717, 1.165) is 17.1 Å². The van der Waals surface area contributed by atoms with Gasteiger partial charge in [-0.25, -0.2) is 0 Å². The van der Waals surface area contributed by atoms with Gasteiger partial charge in [0.2, 0.25) is 0 Å². The van der Waals surface area contributed by atoms with Gasteiger partial charge in [-0.15, -0.1) is 0 Å². The molecule has 0 saturated carbocycles. The van der Waals surface area contributed by atoms with Gasteiger partial charge in [0, 0.05) is 18.2 Å². The highest BCUT2D eigenvalue weighted by atomic mass is 16.6. The number of rotatable bonds is 6. The third-order valence-corrected chi connectivity index (χ3v) is 2.66. The second kappa shape index (κ2) is 6.47. The quantitative estimate of drug-likeness (QED) is 0.774. The van der Waals surface area contributed by atoms with Crippen LogP contribution in [-0.4, -0.2) is 21.3 Å². The minimum Gasteiger partial charge on any atom is -0.496 e. The molecule has 0 aliphatic rings. The summed E-state index contributed by atoms with van der Waals surface area (Å²) in [6.07, 6.45) is 0. The standard InChI is InChI=1S/C13H21NO3/c1-9(2)11-6-10(8-14-17-5)12(15-3)7-13(11)16-4/h6-7,9,14H,8H2,1-5H3. The highest BCUT2D eigenvalue weighted by Crippen LogP contribution is 2.33. The van der Waals surface area contributed by atoms with Crippen LogP contribution < -0.4 is 15.0 Å². The average Bonchev–Trinajstić information content (AvgIpc) is 2.34. The topological polar surface area (TPSA) is 39.7 Å². The summed E-state index contributed by atoms with van der Waals surface area (Å²) < 4.78 is 10.7. The normalized spacial score (nSPS) is 10.7. The van der Waals surface area contributed by atoms with Gasteiger partial charge in [0.05, 0.1) is 21.3 Å². The minimum atomic E-state index is 0.400. The number of methoxy groups -OCH3 is 2. The van der Waals surface area contributed by atoms with Crippen molar-refractivity contribution in [2.75, 3.05) is 21.3 Å². The monoisotopic (exact) mass is 239 g/mol. The molecule has 0 aliphatic carbocycles. The van der Waals surface area contributed by atoms with Crippen molar-refractivity contribution in [2.45, 2.75) is 26.3 Å². The van der Waals surface area contributed by atoms with Gasteiger partial charge in [-0.2, -0.15) is 5.48 Å². The molecular formula is C13H21NO3. The first-order valence-corrected chi connectivity index (χ1v) is 5.64. The van der Waals surface area contributed by atoms with E-state index in [2.05, 4.69) is 25.4 Å². The van der Waals surface area contributed by atoms with Crippen LogP contribution in [0.3, 0.4) is 0 Å². The van der Waals surface area contributed by atoms with E-state index >= 15 is 0 Å². The van der Waals surface area contributed by atoms with Crippen LogP contribution in [0.1, 0.15) is 30.9 Å². The number of benzene rings is 1. The smallest absolute Gasteiger partial charge is 0.127 e. The summed E-state index contributed by atoms with van der Waals surface area (Å²) in [6.45, 7) is 4.87. The lowest BCUT2D eigenvalue weighted by atomic mass is 9.99. The molecule has 0 amide bonds. The molecule has 17 heavy (non-hydrogen) atoms. The Hall–Kier alpha value is -1.26. The Kier molecular flexibility index (Phi) is 5.25. The molecule has 1 aromatic rings. The first kappa shape index (κ1) is 13.8. The van der Waals surface area contributed by atoms with Crippen molar-refractivity contribution < 1.29 is 14.3 Å². The Morgan fingerprint density at radius 2 is 1.71 bits per heavy atom. The van der Waals surface area contributed by atoms with Crippen LogP contribution in [-0.2, 0) is 11.4 Å². The molecule has 0 fully saturated rings. The molecule has 4 heteroatoms. The molecule has 4 nitrogen and oxygen atoms in total. The van der Waals surface area contributed by atoms with Crippen LogP contribution in [0.5, 0.6) is 11.5 Å². The zero-order valence-corrected chi connectivity index (χ0v) is 11.2. The molecule has 0 aromatic heterocycles. The van der Waals surface area contributed by atoms with Gasteiger partial charge in [-0.3, -0.25) is 0 Å². The molecule has 0 aliphatic heterocycles. The molecule has 0 radical (unpaired) electrons. The van der Waals surface area contributed by atoms with E-state index in [0.29, 0.717) is 12.5 Å². The fourth-order valence-electron chi connectivity index (χ4n) is 1.73. The molecule has 0 spiro atoms. The predicted octanol–water partition coefficient (Wildman–Crippen LogP) is 2.48. The van der Waals surface area contributed by atoms with E-state index in [1.807, 2.05) is 6.07 Å². The summed E-state index contributed by atoms with van der Waals surface area (Å²) in [6, 6.07) is 4.01. The summed E-state index contributed by atoms with van der Waals surface area (Å²) in [5.74, 6) is 2.06. The van der Waals surface area contributed by atoms with Gasteiger partial charge in [0.1, 0.15) is 11.5 Å². The molecule has 0 bridgehead atoms. The highest BCUT2D eigenvalue weighted by Gasteiger charge is 2.13. The van der Waals surface area contributed by atoms with Gasteiger partial charge >= 0.3 is 0 Å². The lowest BCUT2D eigenvalue weighted by Crippen LogP contribution is -2.12. The number of nitrogens with one attached hydrogen (secondary N) is 1. The Labute approximate surface area is 103 Å². The molecule has 96 valence electrons. The zero-order chi connectivity index (χ0) is 12.8. The first-order valence-electron chi connectivity index (χ1n) is 5.64. The second-order valence-electron chi connectivity index (χ2n) is 4.09. The average molecular weight is 239 g/mol. The Morgan fingerprint density at radius 3 is 2.18 bits per heavy atom. The third kappa shape index (κ3) is 3.35. The molecule has 1 N–H and O–H groups in total. The van der Waals surface area contributed by atoms with Crippen LogP contribution in [0.25, 0.3) is 0 Å². The number of ether oxygens (including phenoxy) is 2. The van der Waals surface area contributed by atoms with E-state index in [1.54, 1.807) is 21.3 Å². The largest absolute Gasteiger partial charge is 0.496 e. The van der Waals surface area contributed by atoms with Crippen LogP contribution >= 0.6 is 0 Å². The van der Waals surface area contributed by atoms with E-state index in [9.17, 15) is 0 Å². The Bertz CT molecular complexity index is 364. The lowest BCUT2D eigenvalue weighted by molar-refractivity contribution is 0.0861. The maximum Gasteiger partial charge on any atom is 0.127 e. The van der Waals surface area contributed by atoms with Crippen molar-refractivity contribution in [3.05, 3.63) is 23.3 Å². The molecule has 1 aromatic carbocycles. The van der Waals surface area contributed by atoms with Gasteiger partial charge in [-0.05, 0) is 17.5 Å². The van der Waals surface area contributed by atoms with Gasteiger partial charge in [0.15, 0.2) is 0 Å². The maximum atomic E-state index is 5.38. The van der Waals surface area contributed by atoms with Crippen LogP contribution in [0.2, 0.25) is 0 Å². The Balaban J connectivity index is 3.14. The highest BCUT2D eigenvalue weighted by molar-refractivity contribution is 5.47. The molecular weight excluding hydrogens is 218 g/mol. The summed E-state index contributed by atoms with van der Waals surface area (Å²) >= 11 is 0. The maximum absolute atomic E-state index is 5.38. The van der Waals surface area contributed by atoms with Gasteiger partial charge < -0.3 is 14.3 Å². The summed E-state index contributed by atoms with van der Waals surface area (Å²) in [5, 5.41) is 0. The van der Waals surface area contributed by atoms with Crippen molar-refractivity contribution in [1.82, 2.24) is 5.48 Å². The van der Waals surface area contributed by atoms with Crippen molar-refractivity contribution >= 4 is 0 Å². The first-order chi connectivity index (χ1) is 8.13. The molecule has 0 saturated heterocycles. The van der Waals surface area contributed by atoms with Gasteiger partial charge in [0.25, 0.3) is 0 Å². The van der Waals surface area contributed by atoms with E-state index in [4.69, 9.17) is 14.3 Å². The fourth-order valence-corrected chi connectivity index (χ4v) is 1.73. The molecule has 1 rings (SSSR count). The summed E-state index contributed by atoms with van der Waals surface area (Å²) in [5.41, 5.74) is 5.04. The lowest BCUT2D eigenvalue weighted by Gasteiger charge is -2.17. The van der Waals surface area contributed by atoms with Crippen molar-refractivity contribution in [3.8, 4) is 11.5 Å². The number of hydrogen-bond acceptors (Lipinski definition) is 4. The molecule has 0 atom stereocenters. The van der Waals surface area contributed by atoms with E-state index in [1.165, 1.54) is 5.56 Å². The minimum absolute atomic E-state index is 0.400. The summed E-state index contributed by atoms with van der Waals surface area (Å²) in [4.78, 5) is 4.87. The SMILES string of the molecule is CONCc1cc(C(C)C)c(OC)cc1OC. The third-order valence-electron chi connectivity index (χ3n) is 2.66. The predicted molar refractivity (Wildman–Crippen MR) is 67.5 cm³/mol. The van der Waals surface area contributed by atoms with Crippen molar-refractivity contribution in [3.63, 3.8) is 0 Å². The fraction of sp³-hybridized carbons (Fsp3) is 0.538. The van der Waals surface area contributed by atoms with Crippen LogP contribution in [0.4, 0.5) is 0 Å². The van der Waals surface area contributed by atoms with Crippen LogP contribution in [0, 0.1) is 0 Å². The zero-order valence-electron chi connectivity index (χ0n) is 11.2. The van der Waals surface area contributed by atoms with Crippen LogP contribution in [0.15, 0.2) is 12.1 Å². The van der Waals surface area contributed by atoms with Crippen molar-refractivity contribution in [2.24, 2.45) is 0 Å².